The zero-order valence-electron chi connectivity index (χ0n) is 16.1. The predicted octanol–water partition coefficient (Wildman–Crippen LogP) is 3.01. The Bertz CT molecular complexity index is 1140. The molecule has 7 heteroatoms. The molecule has 7 nitrogen and oxygen atoms in total. The third kappa shape index (κ3) is 3.38. The Hall–Kier alpha value is -3.48. The summed E-state index contributed by atoms with van der Waals surface area (Å²) in [7, 11) is 1.88. The van der Waals surface area contributed by atoms with Gasteiger partial charge in [-0.2, -0.15) is 5.10 Å². The van der Waals surface area contributed by atoms with Gasteiger partial charge in [-0.25, -0.2) is 4.68 Å². The molecule has 0 unspecified atom stereocenters. The van der Waals surface area contributed by atoms with E-state index in [0.717, 1.165) is 16.8 Å². The van der Waals surface area contributed by atoms with Gasteiger partial charge in [0.15, 0.2) is 5.69 Å². The number of carbonyl (C=O) groups excluding carboxylic acids is 1. The minimum Gasteiger partial charge on any atom is -0.344 e. The number of aromatic nitrogens is 5. The average molecular weight is 374 g/mol. The van der Waals surface area contributed by atoms with Crippen LogP contribution in [0.15, 0.2) is 54.9 Å². The number of hydrogen-bond donors (Lipinski definition) is 1. The molecule has 0 fully saturated rings. The van der Waals surface area contributed by atoms with Crippen LogP contribution in [0.3, 0.4) is 0 Å². The average Bonchev–Trinajstić information content (AvgIpc) is 3.29. The van der Waals surface area contributed by atoms with Crippen LogP contribution in [-0.4, -0.2) is 30.7 Å². The molecule has 0 aliphatic carbocycles. The Morgan fingerprint density at radius 3 is 2.75 bits per heavy atom. The molecule has 1 atom stereocenters. The first-order valence-corrected chi connectivity index (χ1v) is 9.19. The van der Waals surface area contributed by atoms with Crippen molar-refractivity contribution >= 4 is 16.7 Å². The van der Waals surface area contributed by atoms with Crippen molar-refractivity contribution < 1.29 is 4.79 Å². The number of amides is 1. The summed E-state index contributed by atoms with van der Waals surface area (Å²) in [5, 5.41) is 17.7. The number of nitrogens with zero attached hydrogens (tertiary/aromatic N) is 5. The Labute approximate surface area is 163 Å². The van der Waals surface area contributed by atoms with Gasteiger partial charge < -0.3 is 5.32 Å². The molecular formula is C21H22N6O. The molecule has 0 saturated carbocycles. The van der Waals surface area contributed by atoms with Gasteiger partial charge in [0.25, 0.3) is 5.91 Å². The summed E-state index contributed by atoms with van der Waals surface area (Å²) in [5.41, 5.74) is 3.44. The molecule has 0 bridgehead atoms. The molecule has 2 heterocycles. The van der Waals surface area contributed by atoms with Gasteiger partial charge in [-0.15, -0.1) is 5.10 Å². The monoisotopic (exact) mass is 374 g/mol. The second-order valence-corrected chi connectivity index (χ2v) is 6.94. The van der Waals surface area contributed by atoms with Gasteiger partial charge in [-0.05, 0) is 30.2 Å². The van der Waals surface area contributed by atoms with E-state index in [4.69, 9.17) is 0 Å². The topological polar surface area (TPSA) is 77.6 Å². The van der Waals surface area contributed by atoms with E-state index in [1.807, 2.05) is 39.1 Å². The van der Waals surface area contributed by atoms with Gasteiger partial charge in [0, 0.05) is 18.3 Å². The summed E-state index contributed by atoms with van der Waals surface area (Å²) in [6.45, 7) is 4.47. The highest BCUT2D eigenvalue weighted by Crippen LogP contribution is 2.19. The number of nitrogens with one attached hydrogen (secondary N) is 1. The van der Waals surface area contributed by atoms with Gasteiger partial charge in [-0.1, -0.05) is 47.7 Å². The third-order valence-corrected chi connectivity index (χ3v) is 5.07. The fourth-order valence-corrected chi connectivity index (χ4v) is 3.37. The normalized spacial score (nSPS) is 12.2. The molecule has 4 aromatic rings. The minimum atomic E-state index is -0.250. The van der Waals surface area contributed by atoms with Crippen molar-refractivity contribution in [2.45, 2.75) is 26.4 Å². The number of benzene rings is 2. The first kappa shape index (κ1) is 17.9. The Morgan fingerprint density at radius 1 is 1.18 bits per heavy atom. The van der Waals surface area contributed by atoms with Crippen LogP contribution in [0.25, 0.3) is 10.8 Å². The van der Waals surface area contributed by atoms with E-state index in [1.165, 1.54) is 10.8 Å². The van der Waals surface area contributed by atoms with Crippen molar-refractivity contribution in [3.05, 3.63) is 77.4 Å². The number of aryl methyl sites for hydroxylation is 1. The Morgan fingerprint density at radius 2 is 1.96 bits per heavy atom. The lowest BCUT2D eigenvalue weighted by atomic mass is 10.0. The molecule has 2 aromatic heterocycles. The zero-order valence-corrected chi connectivity index (χ0v) is 16.1. The minimum absolute atomic E-state index is 0.163. The maximum absolute atomic E-state index is 12.6. The van der Waals surface area contributed by atoms with Crippen molar-refractivity contribution in [2.75, 3.05) is 0 Å². The molecule has 1 N–H and O–H groups in total. The summed E-state index contributed by atoms with van der Waals surface area (Å²) in [4.78, 5) is 12.6. The summed E-state index contributed by atoms with van der Waals surface area (Å²) < 4.78 is 3.48. The fraction of sp³-hybridized carbons (Fsp3) is 0.238. The summed E-state index contributed by atoms with van der Waals surface area (Å²) >= 11 is 0. The zero-order chi connectivity index (χ0) is 19.7. The molecule has 0 saturated heterocycles. The van der Waals surface area contributed by atoms with E-state index in [1.54, 1.807) is 21.8 Å². The molecule has 2 aromatic carbocycles. The molecule has 4 rings (SSSR count). The van der Waals surface area contributed by atoms with Crippen molar-refractivity contribution in [3.8, 4) is 0 Å². The van der Waals surface area contributed by atoms with Crippen LogP contribution in [0.1, 0.15) is 40.3 Å². The number of fused-ring (bicyclic) bond motifs is 1. The van der Waals surface area contributed by atoms with E-state index in [9.17, 15) is 4.79 Å². The van der Waals surface area contributed by atoms with Crippen molar-refractivity contribution in [1.29, 1.82) is 0 Å². The molecular weight excluding hydrogens is 352 g/mol. The van der Waals surface area contributed by atoms with Crippen LogP contribution in [0.2, 0.25) is 0 Å². The van der Waals surface area contributed by atoms with E-state index in [-0.39, 0.29) is 11.9 Å². The van der Waals surface area contributed by atoms with Crippen LogP contribution in [0.5, 0.6) is 0 Å². The van der Waals surface area contributed by atoms with Crippen LogP contribution in [-0.2, 0) is 13.6 Å². The first-order valence-electron chi connectivity index (χ1n) is 9.19. The number of carbonyl (C=O) groups is 1. The second-order valence-electron chi connectivity index (χ2n) is 6.94. The maximum atomic E-state index is 12.6. The van der Waals surface area contributed by atoms with E-state index >= 15 is 0 Å². The van der Waals surface area contributed by atoms with Crippen LogP contribution < -0.4 is 5.32 Å². The van der Waals surface area contributed by atoms with E-state index in [2.05, 4.69) is 45.0 Å². The fourth-order valence-electron chi connectivity index (χ4n) is 3.37. The number of hydrogen-bond acceptors (Lipinski definition) is 4. The van der Waals surface area contributed by atoms with Crippen LogP contribution in [0, 0.1) is 6.92 Å². The smallest absolute Gasteiger partial charge is 0.273 e. The lowest BCUT2D eigenvalue weighted by Gasteiger charge is -2.12. The molecule has 142 valence electrons. The second kappa shape index (κ2) is 7.26. The maximum Gasteiger partial charge on any atom is 0.273 e. The summed E-state index contributed by atoms with van der Waals surface area (Å²) in [5.74, 6) is -0.250. The van der Waals surface area contributed by atoms with E-state index < -0.39 is 0 Å². The molecule has 0 radical (unpaired) electrons. The predicted molar refractivity (Wildman–Crippen MR) is 107 cm³/mol. The third-order valence-electron chi connectivity index (χ3n) is 5.07. The largest absolute Gasteiger partial charge is 0.344 e. The summed E-state index contributed by atoms with van der Waals surface area (Å²) in [6.07, 6.45) is 3.46. The first-order chi connectivity index (χ1) is 13.5. The van der Waals surface area contributed by atoms with Crippen LogP contribution in [0.4, 0.5) is 0 Å². The van der Waals surface area contributed by atoms with Crippen molar-refractivity contribution in [1.82, 2.24) is 30.1 Å². The van der Waals surface area contributed by atoms with Gasteiger partial charge in [0.2, 0.25) is 0 Å². The number of rotatable bonds is 5. The molecule has 1 amide bonds. The Balaban J connectivity index is 1.49. The molecule has 0 aliphatic heterocycles. The SMILES string of the molecule is Cc1c([C@H](C)NC(=O)c2cn(Cc3cccc4ccccc34)nn2)cnn1C. The molecule has 28 heavy (non-hydrogen) atoms. The highest BCUT2D eigenvalue weighted by molar-refractivity contribution is 5.92. The lowest BCUT2D eigenvalue weighted by molar-refractivity contribution is 0.0934. The standard InChI is InChI=1S/C21H22N6O/c1-14(19-11-22-26(3)15(19)2)23-21(28)20-13-27(25-24-20)12-17-9-6-8-16-7-4-5-10-18(16)17/h4-11,13-14H,12H2,1-3H3,(H,23,28)/t14-/m0/s1. The highest BCUT2D eigenvalue weighted by atomic mass is 16.2. The quantitative estimate of drug-likeness (QED) is 0.582. The lowest BCUT2D eigenvalue weighted by Crippen LogP contribution is -2.27. The van der Waals surface area contributed by atoms with Gasteiger partial charge in [0.1, 0.15) is 0 Å². The summed E-state index contributed by atoms with van der Waals surface area (Å²) in [6, 6.07) is 14.2. The van der Waals surface area contributed by atoms with Crippen LogP contribution >= 0.6 is 0 Å². The van der Waals surface area contributed by atoms with Crippen molar-refractivity contribution in [2.24, 2.45) is 7.05 Å². The Kier molecular flexibility index (Phi) is 4.65. The van der Waals surface area contributed by atoms with Gasteiger partial charge in [0.05, 0.1) is 25.0 Å². The van der Waals surface area contributed by atoms with Gasteiger partial charge >= 0.3 is 0 Å². The van der Waals surface area contributed by atoms with Crippen molar-refractivity contribution in [3.63, 3.8) is 0 Å². The highest BCUT2D eigenvalue weighted by Gasteiger charge is 2.18. The molecule has 0 spiro atoms. The van der Waals surface area contributed by atoms with E-state index in [0.29, 0.717) is 12.2 Å². The van der Waals surface area contributed by atoms with Gasteiger partial charge in [-0.3, -0.25) is 9.48 Å². The molecule has 0 aliphatic rings.